The lowest BCUT2D eigenvalue weighted by Crippen LogP contribution is -2.42. The predicted molar refractivity (Wildman–Crippen MR) is 78.0 cm³/mol. The fourth-order valence-electron chi connectivity index (χ4n) is 2.53. The maximum Gasteiger partial charge on any atom is 0.244 e. The molecule has 19 heavy (non-hydrogen) atoms. The Hall–Kier alpha value is -1.61. The van der Waals surface area contributed by atoms with E-state index in [4.69, 9.17) is 0 Å². The summed E-state index contributed by atoms with van der Waals surface area (Å²) >= 11 is 0. The first-order valence-corrected chi connectivity index (χ1v) is 6.91. The third-order valence-electron chi connectivity index (χ3n) is 3.63. The summed E-state index contributed by atoms with van der Waals surface area (Å²) < 4.78 is 0. The molecule has 0 aliphatic carbocycles. The second kappa shape index (κ2) is 6.53. The molecule has 1 amide bonds. The fourth-order valence-corrected chi connectivity index (χ4v) is 2.53. The van der Waals surface area contributed by atoms with Crippen LogP contribution in [-0.2, 0) is 11.2 Å². The molecule has 0 saturated heterocycles. The number of nitrogens with one attached hydrogen (secondary N) is 1. The van der Waals surface area contributed by atoms with Crippen LogP contribution >= 0.6 is 0 Å². The minimum atomic E-state index is -0.182. The van der Waals surface area contributed by atoms with Crippen LogP contribution in [0.1, 0.15) is 30.0 Å². The minimum Gasteiger partial charge on any atom is -0.344 e. The van der Waals surface area contributed by atoms with E-state index in [1.165, 1.54) is 5.56 Å². The average Bonchev–Trinajstić information content (AvgIpc) is 2.46. The van der Waals surface area contributed by atoms with Gasteiger partial charge in [0.15, 0.2) is 0 Å². The molecular formula is C16H22N2O. The van der Waals surface area contributed by atoms with Gasteiger partial charge in [0.05, 0.1) is 0 Å². The van der Waals surface area contributed by atoms with Gasteiger partial charge in [-0.15, -0.1) is 6.58 Å². The van der Waals surface area contributed by atoms with E-state index in [1.807, 2.05) is 30.2 Å². The molecular weight excluding hydrogens is 236 g/mol. The van der Waals surface area contributed by atoms with E-state index >= 15 is 0 Å². The smallest absolute Gasteiger partial charge is 0.244 e. The number of amides is 1. The first-order valence-electron chi connectivity index (χ1n) is 6.91. The van der Waals surface area contributed by atoms with Crippen LogP contribution in [-0.4, -0.2) is 30.9 Å². The highest BCUT2D eigenvalue weighted by Crippen LogP contribution is 2.24. The van der Waals surface area contributed by atoms with E-state index in [9.17, 15) is 4.79 Å². The number of carbonyl (C=O) groups excluding carboxylic acids is 1. The Balaban J connectivity index is 2.06. The highest BCUT2D eigenvalue weighted by molar-refractivity contribution is 5.83. The van der Waals surface area contributed by atoms with Crippen molar-refractivity contribution < 1.29 is 4.79 Å². The number of carbonyl (C=O) groups is 1. The number of hydrogen-bond donors (Lipinski definition) is 1. The van der Waals surface area contributed by atoms with Gasteiger partial charge in [-0.25, -0.2) is 0 Å². The maximum atomic E-state index is 12.5. The monoisotopic (exact) mass is 258 g/mol. The molecule has 0 fully saturated rings. The Kier molecular flexibility index (Phi) is 4.74. The second-order valence-electron chi connectivity index (χ2n) is 5.03. The van der Waals surface area contributed by atoms with Gasteiger partial charge in [0.1, 0.15) is 6.04 Å². The first-order chi connectivity index (χ1) is 9.24. The van der Waals surface area contributed by atoms with Gasteiger partial charge in [-0.3, -0.25) is 4.79 Å². The van der Waals surface area contributed by atoms with E-state index in [0.29, 0.717) is 0 Å². The Morgan fingerprint density at radius 2 is 2.32 bits per heavy atom. The lowest BCUT2D eigenvalue weighted by Gasteiger charge is -2.29. The Bertz CT molecular complexity index is 456. The number of likely N-dealkylation sites (N-methyl/N-ethyl adjacent to an activating group) is 1. The maximum absolute atomic E-state index is 12.5. The molecule has 102 valence electrons. The van der Waals surface area contributed by atoms with E-state index in [1.54, 1.807) is 0 Å². The highest BCUT2D eigenvalue weighted by Gasteiger charge is 2.27. The van der Waals surface area contributed by atoms with Crippen molar-refractivity contribution in [3.63, 3.8) is 0 Å². The first kappa shape index (κ1) is 13.8. The topological polar surface area (TPSA) is 32.3 Å². The van der Waals surface area contributed by atoms with Crippen LogP contribution in [0.15, 0.2) is 36.9 Å². The van der Waals surface area contributed by atoms with Gasteiger partial charge in [0.2, 0.25) is 5.91 Å². The zero-order valence-corrected chi connectivity index (χ0v) is 11.6. The third kappa shape index (κ3) is 3.24. The van der Waals surface area contributed by atoms with Crippen LogP contribution in [0.4, 0.5) is 0 Å². The Morgan fingerprint density at radius 1 is 1.53 bits per heavy atom. The Labute approximate surface area is 115 Å². The van der Waals surface area contributed by atoms with Crippen molar-refractivity contribution in [2.24, 2.45) is 0 Å². The van der Waals surface area contributed by atoms with Gasteiger partial charge in [-0.1, -0.05) is 30.3 Å². The quantitative estimate of drug-likeness (QED) is 0.649. The third-order valence-corrected chi connectivity index (χ3v) is 3.63. The molecule has 0 spiro atoms. The van der Waals surface area contributed by atoms with Crippen LogP contribution in [0, 0.1) is 0 Å². The lowest BCUT2D eigenvalue weighted by atomic mass is 9.93. The zero-order valence-electron chi connectivity index (χ0n) is 11.6. The summed E-state index contributed by atoms with van der Waals surface area (Å²) in [6.07, 6.45) is 4.82. The summed E-state index contributed by atoms with van der Waals surface area (Å²) in [5, 5.41) is 3.34. The summed E-state index contributed by atoms with van der Waals surface area (Å²) in [5.41, 5.74) is 2.42. The van der Waals surface area contributed by atoms with Gasteiger partial charge in [0.25, 0.3) is 0 Å². The molecule has 1 aromatic carbocycles. The lowest BCUT2D eigenvalue weighted by molar-refractivity contribution is -0.132. The minimum absolute atomic E-state index is 0.163. The molecule has 0 saturated carbocycles. The summed E-state index contributed by atoms with van der Waals surface area (Å²) in [6, 6.07) is 8.04. The van der Waals surface area contributed by atoms with Crippen molar-refractivity contribution >= 4 is 5.91 Å². The Morgan fingerprint density at radius 3 is 3.11 bits per heavy atom. The molecule has 1 aromatic rings. The molecule has 0 radical (unpaired) electrons. The van der Waals surface area contributed by atoms with Crippen molar-refractivity contribution in [1.82, 2.24) is 10.2 Å². The van der Waals surface area contributed by atoms with Crippen LogP contribution in [0.2, 0.25) is 0 Å². The second-order valence-corrected chi connectivity index (χ2v) is 5.03. The summed E-state index contributed by atoms with van der Waals surface area (Å²) in [7, 11) is 1.88. The van der Waals surface area contributed by atoms with Crippen molar-refractivity contribution in [1.29, 1.82) is 0 Å². The fraction of sp³-hybridized carbons (Fsp3) is 0.438. The van der Waals surface area contributed by atoms with E-state index in [0.717, 1.165) is 37.9 Å². The number of nitrogens with zero attached hydrogens (tertiary/aromatic N) is 1. The molecule has 0 aromatic heterocycles. The molecule has 0 bridgehead atoms. The summed E-state index contributed by atoms with van der Waals surface area (Å²) in [5.74, 6) is 0.163. The van der Waals surface area contributed by atoms with Crippen molar-refractivity contribution in [3.05, 3.63) is 48.0 Å². The number of rotatable bonds is 5. The van der Waals surface area contributed by atoms with Gasteiger partial charge in [-0.2, -0.15) is 0 Å². The van der Waals surface area contributed by atoms with Crippen LogP contribution in [0.25, 0.3) is 0 Å². The molecule has 1 heterocycles. The molecule has 1 atom stereocenters. The van der Waals surface area contributed by atoms with E-state index < -0.39 is 0 Å². The van der Waals surface area contributed by atoms with Crippen LogP contribution < -0.4 is 5.32 Å². The number of unbranched alkanes of at least 4 members (excludes halogenated alkanes) is 1. The molecule has 1 unspecified atom stereocenters. The standard InChI is InChI=1S/C16H22N2O/c1-3-4-7-12-18(2)16(19)15-14-9-6-5-8-13(14)10-11-17-15/h3,5-6,8-9,15,17H,1,4,7,10-12H2,2H3. The van der Waals surface area contributed by atoms with Crippen molar-refractivity contribution in [2.75, 3.05) is 20.1 Å². The van der Waals surface area contributed by atoms with E-state index in [2.05, 4.69) is 24.0 Å². The number of hydrogen-bond acceptors (Lipinski definition) is 2. The average molecular weight is 258 g/mol. The molecule has 3 nitrogen and oxygen atoms in total. The van der Waals surface area contributed by atoms with Crippen LogP contribution in [0.5, 0.6) is 0 Å². The van der Waals surface area contributed by atoms with E-state index in [-0.39, 0.29) is 11.9 Å². The number of fused-ring (bicyclic) bond motifs is 1. The molecule has 1 aliphatic heterocycles. The molecule has 2 rings (SSSR count). The van der Waals surface area contributed by atoms with Gasteiger partial charge >= 0.3 is 0 Å². The SMILES string of the molecule is C=CCCCN(C)C(=O)C1NCCc2ccccc21. The summed E-state index contributed by atoms with van der Waals surface area (Å²) in [4.78, 5) is 14.3. The highest BCUT2D eigenvalue weighted by atomic mass is 16.2. The largest absolute Gasteiger partial charge is 0.344 e. The van der Waals surface area contributed by atoms with Crippen molar-refractivity contribution in [3.8, 4) is 0 Å². The van der Waals surface area contributed by atoms with Gasteiger partial charge in [-0.05, 0) is 30.4 Å². The molecule has 1 N–H and O–H groups in total. The predicted octanol–water partition coefficient (Wildman–Crippen LogP) is 2.30. The van der Waals surface area contributed by atoms with Gasteiger partial charge < -0.3 is 10.2 Å². The number of benzene rings is 1. The van der Waals surface area contributed by atoms with Crippen LogP contribution in [0.3, 0.4) is 0 Å². The van der Waals surface area contributed by atoms with Crippen molar-refractivity contribution in [2.45, 2.75) is 25.3 Å². The van der Waals surface area contributed by atoms with Gasteiger partial charge in [0, 0.05) is 20.1 Å². The number of allylic oxidation sites excluding steroid dienone is 1. The normalized spacial score (nSPS) is 17.6. The molecule has 3 heteroatoms. The molecule has 1 aliphatic rings. The zero-order chi connectivity index (χ0) is 13.7. The summed E-state index contributed by atoms with van der Waals surface area (Å²) in [6.45, 7) is 5.36.